The average Bonchev–Trinajstić information content (AvgIpc) is 2.52. The molecule has 0 amide bonds. The van der Waals surface area contributed by atoms with Gasteiger partial charge in [-0.15, -0.1) is 0 Å². The molecular formula is C12H13ClN2O. The van der Waals surface area contributed by atoms with Crippen LogP contribution in [0.15, 0.2) is 18.3 Å². The van der Waals surface area contributed by atoms with Gasteiger partial charge in [0, 0.05) is 12.1 Å². The molecule has 2 heterocycles. The van der Waals surface area contributed by atoms with Crippen molar-refractivity contribution < 1.29 is 4.79 Å². The molecular weight excluding hydrogens is 224 g/mol. The second-order valence-electron chi connectivity index (χ2n) is 4.14. The van der Waals surface area contributed by atoms with Gasteiger partial charge in [0.25, 0.3) is 0 Å². The highest BCUT2D eigenvalue weighted by molar-refractivity contribution is 6.30. The van der Waals surface area contributed by atoms with Crippen molar-refractivity contribution in [2.75, 3.05) is 0 Å². The van der Waals surface area contributed by atoms with Crippen LogP contribution in [-0.4, -0.2) is 15.2 Å². The normalized spacial score (nSPS) is 11.3. The van der Waals surface area contributed by atoms with Gasteiger partial charge in [-0.3, -0.25) is 9.20 Å². The number of rotatable bonds is 2. The Morgan fingerprint density at radius 1 is 1.44 bits per heavy atom. The van der Waals surface area contributed by atoms with Crippen LogP contribution in [-0.2, 0) is 0 Å². The number of imidazole rings is 1. The van der Waals surface area contributed by atoms with Crippen molar-refractivity contribution >= 4 is 23.0 Å². The summed E-state index contributed by atoms with van der Waals surface area (Å²) in [6.07, 6.45) is 1.73. The van der Waals surface area contributed by atoms with E-state index in [1.165, 1.54) is 0 Å². The predicted octanol–water partition coefficient (Wildman–Crippen LogP) is 3.13. The fourth-order valence-corrected chi connectivity index (χ4v) is 1.87. The van der Waals surface area contributed by atoms with Crippen LogP contribution in [0, 0.1) is 12.8 Å². The third-order valence-corrected chi connectivity index (χ3v) is 2.74. The average molecular weight is 237 g/mol. The summed E-state index contributed by atoms with van der Waals surface area (Å²) in [4.78, 5) is 16.4. The first-order valence-corrected chi connectivity index (χ1v) is 5.57. The number of carbonyl (C=O) groups is 1. The molecule has 0 bridgehead atoms. The van der Waals surface area contributed by atoms with Gasteiger partial charge in [-0.1, -0.05) is 25.4 Å². The molecule has 0 N–H and O–H groups in total. The van der Waals surface area contributed by atoms with E-state index >= 15 is 0 Å². The highest BCUT2D eigenvalue weighted by Gasteiger charge is 2.19. The van der Waals surface area contributed by atoms with E-state index in [0.29, 0.717) is 10.7 Å². The van der Waals surface area contributed by atoms with Crippen LogP contribution in [0.5, 0.6) is 0 Å². The SMILES string of the molecule is Cc1nc2ccc(Cl)cn2c1C(=O)C(C)C. The summed E-state index contributed by atoms with van der Waals surface area (Å²) in [5.41, 5.74) is 2.14. The lowest BCUT2D eigenvalue weighted by molar-refractivity contribution is 0.0933. The quantitative estimate of drug-likeness (QED) is 0.751. The van der Waals surface area contributed by atoms with Gasteiger partial charge in [0.1, 0.15) is 11.3 Å². The molecule has 0 aromatic carbocycles. The molecule has 84 valence electrons. The third kappa shape index (κ3) is 1.71. The number of aromatic nitrogens is 2. The Labute approximate surface area is 99.1 Å². The van der Waals surface area contributed by atoms with Crippen molar-refractivity contribution in [2.24, 2.45) is 5.92 Å². The Kier molecular flexibility index (Phi) is 2.72. The maximum Gasteiger partial charge on any atom is 0.183 e. The van der Waals surface area contributed by atoms with Crippen molar-refractivity contribution in [2.45, 2.75) is 20.8 Å². The molecule has 0 atom stereocenters. The van der Waals surface area contributed by atoms with Crippen molar-refractivity contribution in [3.05, 3.63) is 34.7 Å². The second-order valence-corrected chi connectivity index (χ2v) is 4.58. The van der Waals surface area contributed by atoms with Crippen LogP contribution >= 0.6 is 11.6 Å². The molecule has 3 nitrogen and oxygen atoms in total. The second kappa shape index (κ2) is 3.91. The number of fused-ring (bicyclic) bond motifs is 1. The first-order chi connectivity index (χ1) is 7.50. The predicted molar refractivity (Wildman–Crippen MR) is 64.1 cm³/mol. The Hall–Kier alpha value is -1.35. The lowest BCUT2D eigenvalue weighted by Gasteiger charge is -2.05. The number of aryl methyl sites for hydroxylation is 1. The molecule has 0 aliphatic heterocycles. The number of hydrogen-bond donors (Lipinski definition) is 0. The number of Topliss-reactive ketones (excluding diaryl/α,β-unsaturated/α-hetero) is 1. The fourth-order valence-electron chi connectivity index (χ4n) is 1.71. The largest absolute Gasteiger partial charge is 0.295 e. The van der Waals surface area contributed by atoms with Crippen LogP contribution in [0.25, 0.3) is 5.65 Å². The highest BCUT2D eigenvalue weighted by Crippen LogP contribution is 2.18. The summed E-state index contributed by atoms with van der Waals surface area (Å²) < 4.78 is 1.76. The minimum Gasteiger partial charge on any atom is -0.295 e. The van der Waals surface area contributed by atoms with Crippen LogP contribution in [0.4, 0.5) is 0 Å². The van der Waals surface area contributed by atoms with Gasteiger partial charge in [-0.25, -0.2) is 4.98 Å². The molecule has 0 fully saturated rings. The number of ketones is 1. The number of carbonyl (C=O) groups excluding carboxylic acids is 1. The molecule has 0 saturated heterocycles. The van der Waals surface area contributed by atoms with Crippen molar-refractivity contribution in [3.63, 3.8) is 0 Å². The molecule has 0 unspecified atom stereocenters. The molecule has 2 rings (SSSR count). The summed E-state index contributed by atoms with van der Waals surface area (Å²) in [6.45, 7) is 5.61. The number of nitrogens with zero attached hydrogens (tertiary/aromatic N) is 2. The van der Waals surface area contributed by atoms with Crippen LogP contribution in [0.3, 0.4) is 0 Å². The lowest BCUT2D eigenvalue weighted by atomic mass is 10.1. The standard InChI is InChI=1S/C12H13ClN2O/c1-7(2)12(16)11-8(3)14-10-5-4-9(13)6-15(10)11/h4-7H,1-3H3. The zero-order chi connectivity index (χ0) is 11.9. The van der Waals surface area contributed by atoms with E-state index in [0.717, 1.165) is 11.3 Å². The molecule has 2 aromatic rings. The van der Waals surface area contributed by atoms with E-state index in [1.807, 2.05) is 26.8 Å². The molecule has 0 aliphatic carbocycles. The van der Waals surface area contributed by atoms with Gasteiger partial charge < -0.3 is 0 Å². The topological polar surface area (TPSA) is 34.4 Å². The molecule has 4 heteroatoms. The zero-order valence-corrected chi connectivity index (χ0v) is 10.2. The monoisotopic (exact) mass is 236 g/mol. The molecule has 16 heavy (non-hydrogen) atoms. The maximum atomic E-state index is 12.0. The molecule has 0 aliphatic rings. The van der Waals surface area contributed by atoms with Gasteiger partial charge in [0.15, 0.2) is 5.78 Å². The Morgan fingerprint density at radius 2 is 2.12 bits per heavy atom. The van der Waals surface area contributed by atoms with E-state index < -0.39 is 0 Å². The molecule has 2 aromatic heterocycles. The smallest absolute Gasteiger partial charge is 0.183 e. The van der Waals surface area contributed by atoms with Crippen molar-refractivity contribution in [1.29, 1.82) is 0 Å². The minimum absolute atomic E-state index is 0.0439. The molecule has 0 radical (unpaired) electrons. The number of halogens is 1. The van der Waals surface area contributed by atoms with Crippen LogP contribution < -0.4 is 0 Å². The van der Waals surface area contributed by atoms with E-state index in [2.05, 4.69) is 4.98 Å². The summed E-state index contributed by atoms with van der Waals surface area (Å²) in [7, 11) is 0. The van der Waals surface area contributed by atoms with E-state index in [1.54, 1.807) is 16.7 Å². The first-order valence-electron chi connectivity index (χ1n) is 5.19. The zero-order valence-electron chi connectivity index (χ0n) is 9.49. The van der Waals surface area contributed by atoms with Gasteiger partial charge >= 0.3 is 0 Å². The van der Waals surface area contributed by atoms with Gasteiger partial charge in [0.05, 0.1) is 10.7 Å². The first kappa shape index (κ1) is 11.1. The summed E-state index contributed by atoms with van der Waals surface area (Å²) >= 11 is 5.92. The van der Waals surface area contributed by atoms with Gasteiger partial charge in [0.2, 0.25) is 0 Å². The highest BCUT2D eigenvalue weighted by atomic mass is 35.5. The Morgan fingerprint density at radius 3 is 2.75 bits per heavy atom. The van der Waals surface area contributed by atoms with E-state index in [4.69, 9.17) is 11.6 Å². The van der Waals surface area contributed by atoms with Crippen LogP contribution in [0.1, 0.15) is 30.0 Å². The third-order valence-electron chi connectivity index (χ3n) is 2.51. The summed E-state index contributed by atoms with van der Waals surface area (Å²) in [6, 6.07) is 3.58. The van der Waals surface area contributed by atoms with Gasteiger partial charge in [-0.05, 0) is 19.1 Å². The Bertz CT molecular complexity index is 557. The Balaban J connectivity index is 2.72. The van der Waals surface area contributed by atoms with Crippen molar-refractivity contribution in [1.82, 2.24) is 9.38 Å². The molecule has 0 spiro atoms. The van der Waals surface area contributed by atoms with Crippen LogP contribution in [0.2, 0.25) is 5.02 Å². The number of hydrogen-bond acceptors (Lipinski definition) is 2. The van der Waals surface area contributed by atoms with Gasteiger partial charge in [-0.2, -0.15) is 0 Å². The van der Waals surface area contributed by atoms with E-state index in [-0.39, 0.29) is 11.7 Å². The van der Waals surface area contributed by atoms with E-state index in [9.17, 15) is 4.79 Å². The lowest BCUT2D eigenvalue weighted by Crippen LogP contribution is -2.11. The van der Waals surface area contributed by atoms with Crippen molar-refractivity contribution in [3.8, 4) is 0 Å². The summed E-state index contributed by atoms with van der Waals surface area (Å²) in [5.74, 6) is 0.0462. The summed E-state index contributed by atoms with van der Waals surface area (Å²) in [5, 5.41) is 0.600. The number of pyridine rings is 1. The minimum atomic E-state index is -0.0439. The fraction of sp³-hybridized carbons (Fsp3) is 0.333. The maximum absolute atomic E-state index is 12.0. The molecule has 0 saturated carbocycles.